The van der Waals surface area contributed by atoms with E-state index >= 15 is 0 Å². The molecular weight excluding hydrogens is 260 g/mol. The fourth-order valence-corrected chi connectivity index (χ4v) is 2.53. The van der Waals surface area contributed by atoms with E-state index < -0.39 is 6.10 Å². The zero-order valence-electron chi connectivity index (χ0n) is 12.0. The summed E-state index contributed by atoms with van der Waals surface area (Å²) in [6.45, 7) is 2.24. The number of aliphatic hydroxyl groups is 1. The molecule has 0 bridgehead atoms. The first-order valence-electron chi connectivity index (χ1n) is 7.12. The molecule has 3 rings (SSSR count). The maximum absolute atomic E-state index is 9.79. The second kappa shape index (κ2) is 5.98. The van der Waals surface area contributed by atoms with Crippen molar-refractivity contribution < 1.29 is 9.84 Å². The third kappa shape index (κ3) is 2.91. The molecule has 0 aromatic heterocycles. The van der Waals surface area contributed by atoms with Crippen LogP contribution in [0.5, 0.6) is 5.75 Å². The summed E-state index contributed by atoms with van der Waals surface area (Å²) in [6, 6.07) is 22.1. The predicted octanol–water partition coefficient (Wildman–Crippen LogP) is 4.47. The van der Waals surface area contributed by atoms with Crippen LogP contribution in [0, 0.1) is 0 Å². The first kappa shape index (κ1) is 13.7. The van der Waals surface area contributed by atoms with Crippen molar-refractivity contribution in [2.75, 3.05) is 0 Å². The van der Waals surface area contributed by atoms with E-state index in [2.05, 4.69) is 24.3 Å². The molecule has 0 aliphatic carbocycles. The molecule has 3 aromatic carbocycles. The van der Waals surface area contributed by atoms with Gasteiger partial charge in [0.1, 0.15) is 12.4 Å². The second-order valence-electron chi connectivity index (χ2n) is 5.14. The van der Waals surface area contributed by atoms with Crippen LogP contribution in [0.2, 0.25) is 0 Å². The number of ether oxygens (including phenoxy) is 1. The SMILES string of the molecule is CC(O)c1ccccc1OCc1cccc2ccccc12. The summed E-state index contributed by atoms with van der Waals surface area (Å²) in [5.41, 5.74) is 1.96. The maximum atomic E-state index is 9.79. The minimum absolute atomic E-state index is 0.491. The Kier molecular flexibility index (Phi) is 3.89. The van der Waals surface area contributed by atoms with Crippen molar-refractivity contribution in [2.24, 2.45) is 0 Å². The van der Waals surface area contributed by atoms with Gasteiger partial charge >= 0.3 is 0 Å². The lowest BCUT2D eigenvalue weighted by Crippen LogP contribution is -2.01. The molecule has 0 saturated carbocycles. The first-order valence-corrected chi connectivity index (χ1v) is 7.12. The number of aliphatic hydroxyl groups excluding tert-OH is 1. The summed E-state index contributed by atoms with van der Waals surface area (Å²) in [5, 5.41) is 12.2. The smallest absolute Gasteiger partial charge is 0.125 e. The summed E-state index contributed by atoms with van der Waals surface area (Å²) < 4.78 is 5.93. The van der Waals surface area contributed by atoms with Gasteiger partial charge in [0.05, 0.1) is 6.10 Å². The minimum atomic E-state index is -0.534. The summed E-state index contributed by atoms with van der Waals surface area (Å²) in [6.07, 6.45) is -0.534. The lowest BCUT2D eigenvalue weighted by Gasteiger charge is -2.14. The fourth-order valence-electron chi connectivity index (χ4n) is 2.53. The molecule has 1 atom stereocenters. The van der Waals surface area contributed by atoms with E-state index in [-0.39, 0.29) is 0 Å². The Morgan fingerprint density at radius 3 is 2.48 bits per heavy atom. The molecule has 0 spiro atoms. The molecule has 0 saturated heterocycles. The van der Waals surface area contributed by atoms with Crippen LogP contribution in [0.4, 0.5) is 0 Å². The van der Waals surface area contributed by atoms with E-state index in [1.54, 1.807) is 6.92 Å². The Labute approximate surface area is 124 Å². The Morgan fingerprint density at radius 2 is 1.62 bits per heavy atom. The molecule has 2 nitrogen and oxygen atoms in total. The highest BCUT2D eigenvalue weighted by molar-refractivity contribution is 5.85. The van der Waals surface area contributed by atoms with E-state index in [9.17, 15) is 5.11 Å². The number of fused-ring (bicyclic) bond motifs is 1. The van der Waals surface area contributed by atoms with Crippen LogP contribution < -0.4 is 4.74 Å². The lowest BCUT2D eigenvalue weighted by molar-refractivity contribution is 0.190. The molecule has 0 aliphatic rings. The normalized spacial score (nSPS) is 12.3. The standard InChI is InChI=1S/C19H18O2/c1-14(20)17-10-4-5-12-19(17)21-13-16-9-6-8-15-7-2-3-11-18(15)16/h2-12,14,20H,13H2,1H3. The van der Waals surface area contributed by atoms with Crippen molar-refractivity contribution in [3.8, 4) is 5.75 Å². The molecule has 0 radical (unpaired) electrons. The largest absolute Gasteiger partial charge is 0.489 e. The van der Waals surface area contributed by atoms with Gasteiger partial charge in [-0.15, -0.1) is 0 Å². The number of rotatable bonds is 4. The van der Waals surface area contributed by atoms with E-state index in [1.165, 1.54) is 10.8 Å². The molecule has 0 fully saturated rings. The van der Waals surface area contributed by atoms with Gasteiger partial charge in [-0.25, -0.2) is 0 Å². The number of para-hydroxylation sites is 1. The number of hydrogen-bond donors (Lipinski definition) is 1. The lowest BCUT2D eigenvalue weighted by atomic mass is 10.1. The zero-order chi connectivity index (χ0) is 14.7. The minimum Gasteiger partial charge on any atom is -0.489 e. The van der Waals surface area contributed by atoms with Gasteiger partial charge in [-0.1, -0.05) is 60.7 Å². The van der Waals surface area contributed by atoms with Gasteiger partial charge < -0.3 is 9.84 Å². The Bertz CT molecular complexity index is 742. The average Bonchev–Trinajstić information content (AvgIpc) is 2.53. The molecular formula is C19H18O2. The Hall–Kier alpha value is -2.32. The van der Waals surface area contributed by atoms with Gasteiger partial charge in [0.15, 0.2) is 0 Å². The van der Waals surface area contributed by atoms with Crippen molar-refractivity contribution in [2.45, 2.75) is 19.6 Å². The molecule has 0 aliphatic heterocycles. The van der Waals surface area contributed by atoms with Crippen LogP contribution in [0.3, 0.4) is 0 Å². The van der Waals surface area contributed by atoms with Crippen LogP contribution >= 0.6 is 0 Å². The third-order valence-corrected chi connectivity index (χ3v) is 3.63. The fraction of sp³-hybridized carbons (Fsp3) is 0.158. The van der Waals surface area contributed by atoms with E-state index in [4.69, 9.17) is 4.74 Å². The first-order chi connectivity index (χ1) is 10.3. The quantitative estimate of drug-likeness (QED) is 0.763. The summed E-state index contributed by atoms with van der Waals surface area (Å²) >= 11 is 0. The molecule has 21 heavy (non-hydrogen) atoms. The number of hydrogen-bond acceptors (Lipinski definition) is 2. The van der Waals surface area contributed by atoms with Crippen LogP contribution in [-0.4, -0.2) is 5.11 Å². The van der Waals surface area contributed by atoms with Gasteiger partial charge in [-0.2, -0.15) is 0 Å². The summed E-state index contributed by atoms with van der Waals surface area (Å²) in [4.78, 5) is 0. The van der Waals surface area contributed by atoms with Crippen molar-refractivity contribution in [1.82, 2.24) is 0 Å². The van der Waals surface area contributed by atoms with Crippen LogP contribution in [0.15, 0.2) is 66.7 Å². The molecule has 3 aromatic rings. The molecule has 0 amide bonds. The van der Waals surface area contributed by atoms with Gasteiger partial charge in [0.2, 0.25) is 0 Å². The van der Waals surface area contributed by atoms with Gasteiger partial charge in [-0.05, 0) is 29.3 Å². The highest BCUT2D eigenvalue weighted by Gasteiger charge is 2.09. The van der Waals surface area contributed by atoms with Crippen LogP contribution in [-0.2, 0) is 6.61 Å². The van der Waals surface area contributed by atoms with E-state index in [0.29, 0.717) is 6.61 Å². The topological polar surface area (TPSA) is 29.5 Å². The number of benzene rings is 3. The van der Waals surface area contributed by atoms with Gasteiger partial charge in [0.25, 0.3) is 0 Å². The summed E-state index contributed by atoms with van der Waals surface area (Å²) in [5.74, 6) is 0.737. The molecule has 1 N–H and O–H groups in total. The second-order valence-corrected chi connectivity index (χ2v) is 5.14. The van der Waals surface area contributed by atoms with Crippen molar-refractivity contribution in [1.29, 1.82) is 0 Å². The predicted molar refractivity (Wildman–Crippen MR) is 85.4 cm³/mol. The van der Waals surface area contributed by atoms with Gasteiger partial charge in [0, 0.05) is 5.56 Å². The third-order valence-electron chi connectivity index (χ3n) is 3.63. The van der Waals surface area contributed by atoms with Crippen molar-refractivity contribution >= 4 is 10.8 Å². The summed E-state index contributed by atoms with van der Waals surface area (Å²) in [7, 11) is 0. The monoisotopic (exact) mass is 278 g/mol. The molecule has 0 heterocycles. The van der Waals surface area contributed by atoms with Gasteiger partial charge in [-0.3, -0.25) is 0 Å². The van der Waals surface area contributed by atoms with Crippen molar-refractivity contribution in [3.05, 3.63) is 77.9 Å². The highest BCUT2D eigenvalue weighted by atomic mass is 16.5. The van der Waals surface area contributed by atoms with Crippen LogP contribution in [0.25, 0.3) is 10.8 Å². The van der Waals surface area contributed by atoms with E-state index in [1.807, 2.05) is 42.5 Å². The molecule has 1 unspecified atom stereocenters. The molecule has 106 valence electrons. The highest BCUT2D eigenvalue weighted by Crippen LogP contribution is 2.26. The molecule has 2 heteroatoms. The average molecular weight is 278 g/mol. The van der Waals surface area contributed by atoms with E-state index in [0.717, 1.165) is 16.9 Å². The van der Waals surface area contributed by atoms with Crippen molar-refractivity contribution in [3.63, 3.8) is 0 Å². The Balaban J connectivity index is 1.87. The Morgan fingerprint density at radius 1 is 0.905 bits per heavy atom. The zero-order valence-corrected chi connectivity index (χ0v) is 12.0. The van der Waals surface area contributed by atoms with Crippen LogP contribution in [0.1, 0.15) is 24.2 Å². The maximum Gasteiger partial charge on any atom is 0.125 e.